The maximum atomic E-state index is 11.5. The van der Waals surface area contributed by atoms with Gasteiger partial charge in [0, 0.05) is 13.1 Å². The van der Waals surface area contributed by atoms with Crippen LogP contribution >= 0.6 is 0 Å². The lowest BCUT2D eigenvalue weighted by Crippen LogP contribution is -2.27. The van der Waals surface area contributed by atoms with Gasteiger partial charge in [0.2, 0.25) is 5.91 Å². The Morgan fingerprint density at radius 2 is 2.31 bits per heavy atom. The zero-order chi connectivity index (χ0) is 10.0. The topological polar surface area (TPSA) is 57.6 Å². The van der Waals surface area contributed by atoms with Gasteiger partial charge >= 0.3 is 5.97 Å². The standard InChI is InChI=1S/C9H15NO3/c1-3-4-10-5-7(9(12)13)6(2)8(10)11/h6-7H,3-5H2,1-2H3,(H,12,13). The summed E-state index contributed by atoms with van der Waals surface area (Å²) in [5.41, 5.74) is 0. The second kappa shape index (κ2) is 3.77. The molecule has 74 valence electrons. The monoisotopic (exact) mass is 185 g/mol. The fraction of sp³-hybridized carbons (Fsp3) is 0.778. The molecule has 1 fully saturated rings. The molecule has 1 rings (SSSR count). The SMILES string of the molecule is CCCN1CC(C(=O)O)C(C)C1=O. The van der Waals surface area contributed by atoms with Gasteiger partial charge in [0.05, 0.1) is 11.8 Å². The molecule has 13 heavy (non-hydrogen) atoms. The molecule has 4 heteroatoms. The van der Waals surface area contributed by atoms with Crippen LogP contribution in [0.5, 0.6) is 0 Å². The summed E-state index contributed by atoms with van der Waals surface area (Å²) >= 11 is 0. The van der Waals surface area contributed by atoms with Crippen molar-refractivity contribution < 1.29 is 14.7 Å². The third-order valence-electron chi connectivity index (χ3n) is 2.53. The Morgan fingerprint density at radius 3 is 2.69 bits per heavy atom. The number of carbonyl (C=O) groups is 2. The van der Waals surface area contributed by atoms with Gasteiger partial charge in [-0.3, -0.25) is 9.59 Å². The van der Waals surface area contributed by atoms with E-state index in [9.17, 15) is 9.59 Å². The van der Waals surface area contributed by atoms with Crippen LogP contribution in [0.25, 0.3) is 0 Å². The molecule has 4 nitrogen and oxygen atoms in total. The third kappa shape index (κ3) is 1.82. The number of hydrogen-bond donors (Lipinski definition) is 1. The molecular weight excluding hydrogens is 170 g/mol. The third-order valence-corrected chi connectivity index (χ3v) is 2.53. The molecule has 0 radical (unpaired) electrons. The van der Waals surface area contributed by atoms with Crippen LogP contribution in [0.3, 0.4) is 0 Å². The largest absolute Gasteiger partial charge is 0.481 e. The van der Waals surface area contributed by atoms with Crippen molar-refractivity contribution >= 4 is 11.9 Å². The lowest BCUT2D eigenvalue weighted by Gasteiger charge is -2.13. The van der Waals surface area contributed by atoms with Gasteiger partial charge in [0.1, 0.15) is 0 Å². The number of aliphatic carboxylic acids is 1. The summed E-state index contributed by atoms with van der Waals surface area (Å²) in [6, 6.07) is 0. The summed E-state index contributed by atoms with van der Waals surface area (Å²) in [4.78, 5) is 23.8. The van der Waals surface area contributed by atoms with Gasteiger partial charge < -0.3 is 10.0 Å². The Hall–Kier alpha value is -1.06. The fourth-order valence-electron chi connectivity index (χ4n) is 1.71. The molecule has 1 N–H and O–H groups in total. The predicted octanol–water partition coefficient (Wildman–Crippen LogP) is 0.575. The van der Waals surface area contributed by atoms with E-state index in [1.54, 1.807) is 11.8 Å². The van der Waals surface area contributed by atoms with Crippen LogP contribution in [0.15, 0.2) is 0 Å². The van der Waals surface area contributed by atoms with E-state index >= 15 is 0 Å². The molecule has 0 bridgehead atoms. The van der Waals surface area contributed by atoms with Crippen molar-refractivity contribution in [2.75, 3.05) is 13.1 Å². The Bertz CT molecular complexity index is 227. The predicted molar refractivity (Wildman–Crippen MR) is 47.2 cm³/mol. The highest BCUT2D eigenvalue weighted by Crippen LogP contribution is 2.24. The molecule has 1 heterocycles. The van der Waals surface area contributed by atoms with Crippen molar-refractivity contribution in [2.45, 2.75) is 20.3 Å². The fourth-order valence-corrected chi connectivity index (χ4v) is 1.71. The van der Waals surface area contributed by atoms with Gasteiger partial charge in [-0.25, -0.2) is 0 Å². The average Bonchev–Trinajstić information content (AvgIpc) is 2.33. The highest BCUT2D eigenvalue weighted by atomic mass is 16.4. The van der Waals surface area contributed by atoms with Crippen LogP contribution in [-0.2, 0) is 9.59 Å². The molecule has 0 aromatic rings. The molecule has 1 aliphatic heterocycles. The lowest BCUT2D eigenvalue weighted by atomic mass is 9.98. The van der Waals surface area contributed by atoms with Crippen LogP contribution in [0, 0.1) is 11.8 Å². The van der Waals surface area contributed by atoms with E-state index in [1.165, 1.54) is 0 Å². The van der Waals surface area contributed by atoms with E-state index in [0.29, 0.717) is 13.1 Å². The highest BCUT2D eigenvalue weighted by molar-refractivity contribution is 5.88. The number of nitrogens with zero attached hydrogens (tertiary/aromatic N) is 1. The first-order chi connectivity index (χ1) is 6.07. The van der Waals surface area contributed by atoms with Crippen molar-refractivity contribution in [3.05, 3.63) is 0 Å². The number of carboxylic acid groups (broad SMARTS) is 1. The minimum absolute atomic E-state index is 0.0192. The molecular formula is C9H15NO3. The number of carboxylic acids is 1. The van der Waals surface area contributed by atoms with E-state index in [1.807, 2.05) is 6.92 Å². The number of carbonyl (C=O) groups excluding carboxylic acids is 1. The summed E-state index contributed by atoms with van der Waals surface area (Å²) in [5.74, 6) is -1.75. The number of hydrogen-bond acceptors (Lipinski definition) is 2. The molecule has 2 unspecified atom stereocenters. The molecule has 1 saturated heterocycles. The van der Waals surface area contributed by atoms with Gasteiger partial charge in [-0.05, 0) is 6.42 Å². The van der Waals surface area contributed by atoms with Crippen LogP contribution in [-0.4, -0.2) is 35.0 Å². The number of rotatable bonds is 3. The second-order valence-corrected chi connectivity index (χ2v) is 3.52. The van der Waals surface area contributed by atoms with Gasteiger partial charge in [-0.15, -0.1) is 0 Å². The lowest BCUT2D eigenvalue weighted by molar-refractivity contribution is -0.143. The highest BCUT2D eigenvalue weighted by Gasteiger charge is 2.40. The quantitative estimate of drug-likeness (QED) is 0.699. The minimum atomic E-state index is -0.862. The van der Waals surface area contributed by atoms with Gasteiger partial charge in [-0.2, -0.15) is 0 Å². The summed E-state index contributed by atoms with van der Waals surface area (Å²) in [7, 11) is 0. The van der Waals surface area contributed by atoms with Crippen molar-refractivity contribution in [2.24, 2.45) is 11.8 Å². The first-order valence-electron chi connectivity index (χ1n) is 4.59. The Morgan fingerprint density at radius 1 is 1.69 bits per heavy atom. The number of amides is 1. The maximum Gasteiger partial charge on any atom is 0.309 e. The molecule has 0 spiro atoms. The van der Waals surface area contributed by atoms with Crippen LogP contribution in [0.4, 0.5) is 0 Å². The average molecular weight is 185 g/mol. The minimum Gasteiger partial charge on any atom is -0.481 e. The van der Waals surface area contributed by atoms with Crippen LogP contribution in [0.1, 0.15) is 20.3 Å². The van der Waals surface area contributed by atoms with Crippen LogP contribution < -0.4 is 0 Å². The molecule has 2 atom stereocenters. The normalized spacial score (nSPS) is 28.2. The van der Waals surface area contributed by atoms with Gasteiger partial charge in [-0.1, -0.05) is 13.8 Å². The molecule has 1 aliphatic rings. The van der Waals surface area contributed by atoms with Crippen molar-refractivity contribution in [3.8, 4) is 0 Å². The van der Waals surface area contributed by atoms with Crippen LogP contribution in [0.2, 0.25) is 0 Å². The van der Waals surface area contributed by atoms with E-state index in [-0.39, 0.29) is 11.8 Å². The Labute approximate surface area is 77.5 Å². The van der Waals surface area contributed by atoms with E-state index in [0.717, 1.165) is 6.42 Å². The summed E-state index contributed by atoms with van der Waals surface area (Å²) in [6.45, 7) is 4.72. The first kappa shape index (κ1) is 10.0. The zero-order valence-electron chi connectivity index (χ0n) is 7.99. The van der Waals surface area contributed by atoms with Gasteiger partial charge in [0.15, 0.2) is 0 Å². The molecule has 1 amide bonds. The molecule has 0 saturated carbocycles. The second-order valence-electron chi connectivity index (χ2n) is 3.52. The first-order valence-corrected chi connectivity index (χ1v) is 4.59. The van der Waals surface area contributed by atoms with Crippen molar-refractivity contribution in [1.29, 1.82) is 0 Å². The van der Waals surface area contributed by atoms with E-state index in [4.69, 9.17) is 5.11 Å². The van der Waals surface area contributed by atoms with E-state index < -0.39 is 11.9 Å². The van der Waals surface area contributed by atoms with Crippen molar-refractivity contribution in [3.63, 3.8) is 0 Å². The molecule has 0 aromatic heterocycles. The number of likely N-dealkylation sites (tertiary alicyclic amines) is 1. The maximum absolute atomic E-state index is 11.5. The van der Waals surface area contributed by atoms with E-state index in [2.05, 4.69) is 0 Å². The zero-order valence-corrected chi connectivity index (χ0v) is 7.99. The van der Waals surface area contributed by atoms with Gasteiger partial charge in [0.25, 0.3) is 0 Å². The summed E-state index contributed by atoms with van der Waals surface area (Å²) in [5, 5.41) is 8.81. The molecule has 0 aromatic carbocycles. The van der Waals surface area contributed by atoms with Crippen molar-refractivity contribution in [1.82, 2.24) is 4.90 Å². The Kier molecular flexibility index (Phi) is 2.90. The summed E-state index contributed by atoms with van der Waals surface area (Å²) in [6.07, 6.45) is 0.880. The summed E-state index contributed by atoms with van der Waals surface area (Å²) < 4.78 is 0. The Balaban J connectivity index is 2.66. The smallest absolute Gasteiger partial charge is 0.309 e. The molecule has 0 aliphatic carbocycles.